The quantitative estimate of drug-likeness (QED) is 0.425. The highest BCUT2D eigenvalue weighted by molar-refractivity contribution is 6.74. The number of nitrogens with zero attached hydrogens (tertiary/aromatic N) is 1. The summed E-state index contributed by atoms with van der Waals surface area (Å²) < 4.78 is 18.0. The summed E-state index contributed by atoms with van der Waals surface area (Å²) in [5, 5.41) is 0.231. The Labute approximate surface area is 167 Å². The lowest BCUT2D eigenvalue weighted by Gasteiger charge is -2.43. The zero-order chi connectivity index (χ0) is 20.3. The molecular formula is C21H41NO4Si. The molecule has 0 unspecified atom stereocenters. The van der Waals surface area contributed by atoms with Gasteiger partial charge in [0.05, 0.1) is 18.8 Å². The predicted octanol–water partition coefficient (Wildman–Crippen LogP) is 5.70. The van der Waals surface area contributed by atoms with Gasteiger partial charge in [0.25, 0.3) is 0 Å². The number of rotatable bonds is 6. The first-order valence-electron chi connectivity index (χ1n) is 10.7. The van der Waals surface area contributed by atoms with Crippen LogP contribution in [0.3, 0.4) is 0 Å². The lowest BCUT2D eigenvalue weighted by atomic mass is 9.89. The minimum absolute atomic E-state index is 0.218. The van der Waals surface area contributed by atoms with E-state index in [2.05, 4.69) is 47.7 Å². The third-order valence-corrected chi connectivity index (χ3v) is 11.1. The van der Waals surface area contributed by atoms with Crippen LogP contribution in [0.15, 0.2) is 0 Å². The Hall–Kier alpha value is -0.593. The Balaban J connectivity index is 1.78. The van der Waals surface area contributed by atoms with Crippen LogP contribution in [0.5, 0.6) is 0 Å². The molecule has 0 N–H and O–H groups in total. The normalized spacial score (nSPS) is 22.3. The molecule has 1 saturated heterocycles. The van der Waals surface area contributed by atoms with Gasteiger partial charge in [-0.2, -0.15) is 0 Å². The van der Waals surface area contributed by atoms with E-state index in [0.29, 0.717) is 13.2 Å². The molecule has 1 amide bonds. The van der Waals surface area contributed by atoms with Crippen molar-refractivity contribution in [2.45, 2.75) is 109 Å². The lowest BCUT2D eigenvalue weighted by molar-refractivity contribution is -0.104. The van der Waals surface area contributed by atoms with E-state index in [1.54, 1.807) is 0 Å². The van der Waals surface area contributed by atoms with Crippen molar-refractivity contribution in [3.8, 4) is 0 Å². The SMILES string of the molecule is CC1(C)COC2(CCCCC2)N1C(=O)OCCCCO[Si](C)(C)C(C)(C)C. The van der Waals surface area contributed by atoms with Crippen LogP contribution in [0, 0.1) is 0 Å². The maximum atomic E-state index is 12.9. The molecule has 2 rings (SSSR count). The van der Waals surface area contributed by atoms with Crippen molar-refractivity contribution >= 4 is 14.4 Å². The first kappa shape index (κ1) is 22.7. The van der Waals surface area contributed by atoms with Gasteiger partial charge >= 0.3 is 6.09 Å². The second-order valence-corrected chi connectivity index (χ2v) is 15.2. The topological polar surface area (TPSA) is 48.0 Å². The Kier molecular flexibility index (Phi) is 7.07. The molecule has 27 heavy (non-hydrogen) atoms. The zero-order valence-corrected chi connectivity index (χ0v) is 19.7. The van der Waals surface area contributed by atoms with Crippen molar-refractivity contribution in [1.82, 2.24) is 4.90 Å². The minimum Gasteiger partial charge on any atom is -0.449 e. The summed E-state index contributed by atoms with van der Waals surface area (Å²) in [4.78, 5) is 14.8. The molecule has 2 aliphatic rings. The van der Waals surface area contributed by atoms with Crippen LogP contribution < -0.4 is 0 Å². The molecule has 158 valence electrons. The van der Waals surface area contributed by atoms with Gasteiger partial charge in [0.1, 0.15) is 5.72 Å². The van der Waals surface area contributed by atoms with E-state index in [1.807, 2.05) is 4.90 Å². The van der Waals surface area contributed by atoms with Gasteiger partial charge in [-0.15, -0.1) is 0 Å². The molecule has 0 aromatic rings. The molecule has 1 heterocycles. The van der Waals surface area contributed by atoms with Gasteiger partial charge in [-0.1, -0.05) is 27.2 Å². The summed E-state index contributed by atoms with van der Waals surface area (Å²) in [6.45, 7) is 17.2. The van der Waals surface area contributed by atoms with E-state index in [9.17, 15) is 4.79 Å². The van der Waals surface area contributed by atoms with Crippen molar-refractivity contribution in [2.24, 2.45) is 0 Å². The van der Waals surface area contributed by atoms with Crippen molar-refractivity contribution in [1.29, 1.82) is 0 Å². The predicted molar refractivity (Wildman–Crippen MR) is 111 cm³/mol. The number of hydrogen-bond acceptors (Lipinski definition) is 4. The van der Waals surface area contributed by atoms with E-state index in [0.717, 1.165) is 45.1 Å². The highest BCUT2D eigenvalue weighted by atomic mass is 28.4. The van der Waals surface area contributed by atoms with Gasteiger partial charge < -0.3 is 13.9 Å². The molecule has 0 radical (unpaired) electrons. The van der Waals surface area contributed by atoms with E-state index in [4.69, 9.17) is 13.9 Å². The van der Waals surface area contributed by atoms with Gasteiger partial charge in [0.15, 0.2) is 8.32 Å². The smallest absolute Gasteiger partial charge is 0.412 e. The molecule has 0 aromatic carbocycles. The molecule has 5 nitrogen and oxygen atoms in total. The maximum absolute atomic E-state index is 12.9. The van der Waals surface area contributed by atoms with Crippen molar-refractivity contribution in [2.75, 3.05) is 19.8 Å². The fourth-order valence-electron chi connectivity index (χ4n) is 3.85. The van der Waals surface area contributed by atoms with Crippen molar-refractivity contribution in [3.05, 3.63) is 0 Å². The van der Waals surface area contributed by atoms with Gasteiger partial charge in [-0.3, -0.25) is 4.90 Å². The van der Waals surface area contributed by atoms with Gasteiger partial charge in [0, 0.05) is 6.61 Å². The zero-order valence-electron chi connectivity index (χ0n) is 18.7. The maximum Gasteiger partial charge on any atom is 0.412 e. The highest BCUT2D eigenvalue weighted by Gasteiger charge is 2.55. The van der Waals surface area contributed by atoms with E-state index >= 15 is 0 Å². The van der Waals surface area contributed by atoms with Gasteiger partial charge in [-0.05, 0) is 70.5 Å². The molecule has 0 bridgehead atoms. The summed E-state index contributed by atoms with van der Waals surface area (Å²) >= 11 is 0. The number of unbranched alkanes of at least 4 members (excludes halogenated alkanes) is 1. The molecule has 1 aliphatic carbocycles. The average molecular weight is 400 g/mol. The average Bonchev–Trinajstić information content (AvgIpc) is 2.81. The van der Waals surface area contributed by atoms with E-state index in [-0.39, 0.29) is 16.7 Å². The van der Waals surface area contributed by atoms with E-state index < -0.39 is 14.0 Å². The second kappa shape index (κ2) is 8.42. The fraction of sp³-hybridized carbons (Fsp3) is 0.952. The lowest BCUT2D eigenvalue weighted by Crippen LogP contribution is -2.56. The Morgan fingerprint density at radius 3 is 2.26 bits per heavy atom. The highest BCUT2D eigenvalue weighted by Crippen LogP contribution is 2.44. The van der Waals surface area contributed by atoms with Gasteiger partial charge in [-0.25, -0.2) is 4.79 Å². The van der Waals surface area contributed by atoms with Crippen LogP contribution in [-0.2, 0) is 13.9 Å². The monoisotopic (exact) mass is 399 g/mol. The number of hydrogen-bond donors (Lipinski definition) is 0. The largest absolute Gasteiger partial charge is 0.449 e. The molecular weight excluding hydrogens is 358 g/mol. The summed E-state index contributed by atoms with van der Waals surface area (Å²) in [6, 6.07) is 0. The van der Waals surface area contributed by atoms with Crippen molar-refractivity contribution < 1.29 is 18.7 Å². The van der Waals surface area contributed by atoms with Gasteiger partial charge in [0.2, 0.25) is 0 Å². The number of carbonyl (C=O) groups excluding carboxylic acids is 1. The molecule has 2 fully saturated rings. The Morgan fingerprint density at radius 1 is 1.07 bits per heavy atom. The molecule has 1 spiro atoms. The second-order valence-electron chi connectivity index (χ2n) is 10.4. The third kappa shape index (κ3) is 5.27. The fourth-order valence-corrected chi connectivity index (χ4v) is 4.94. The summed E-state index contributed by atoms with van der Waals surface area (Å²) in [6.07, 6.45) is 6.84. The first-order valence-corrected chi connectivity index (χ1v) is 13.6. The van der Waals surface area contributed by atoms with E-state index in [1.165, 1.54) is 6.42 Å². The van der Waals surface area contributed by atoms with Crippen LogP contribution in [0.2, 0.25) is 18.1 Å². The molecule has 1 saturated carbocycles. The van der Waals surface area contributed by atoms with Crippen LogP contribution in [0.1, 0.15) is 79.6 Å². The van der Waals surface area contributed by atoms with Crippen LogP contribution in [0.25, 0.3) is 0 Å². The summed E-state index contributed by atoms with van der Waals surface area (Å²) in [7, 11) is -1.69. The van der Waals surface area contributed by atoms with Crippen molar-refractivity contribution in [3.63, 3.8) is 0 Å². The molecule has 6 heteroatoms. The third-order valence-electron chi connectivity index (χ3n) is 6.56. The molecule has 0 atom stereocenters. The Morgan fingerprint density at radius 2 is 1.67 bits per heavy atom. The minimum atomic E-state index is -1.69. The standard InChI is InChI=1S/C21H41NO4Si/c1-19(2,3)27(6,7)26-16-12-11-15-24-18(23)22-20(4,5)17-25-21(22)13-9-8-10-14-21/h8-17H2,1-7H3. The van der Waals surface area contributed by atoms with Crippen LogP contribution in [0.4, 0.5) is 4.79 Å². The Bertz CT molecular complexity index is 507. The first-order chi connectivity index (χ1) is 12.4. The molecule has 0 aromatic heterocycles. The number of ether oxygens (including phenoxy) is 2. The number of amides is 1. The van der Waals surface area contributed by atoms with Crippen LogP contribution in [-0.4, -0.2) is 50.4 Å². The summed E-state index contributed by atoms with van der Waals surface area (Å²) in [5.74, 6) is 0. The van der Waals surface area contributed by atoms with Crippen LogP contribution >= 0.6 is 0 Å². The molecule has 1 aliphatic heterocycles. The summed E-state index contributed by atoms with van der Waals surface area (Å²) in [5.41, 5.74) is -0.746. The number of carbonyl (C=O) groups is 1.